The van der Waals surface area contributed by atoms with E-state index in [1.54, 1.807) is 0 Å². The summed E-state index contributed by atoms with van der Waals surface area (Å²) in [6.07, 6.45) is 1.52. The van der Waals surface area contributed by atoms with Crippen molar-refractivity contribution in [3.63, 3.8) is 0 Å². The highest BCUT2D eigenvalue weighted by Gasteiger charge is 2.40. The van der Waals surface area contributed by atoms with Crippen LogP contribution in [-0.2, 0) is 20.5 Å². The lowest BCUT2D eigenvalue weighted by Crippen LogP contribution is -2.43. The summed E-state index contributed by atoms with van der Waals surface area (Å²) in [7, 11) is -0.0461. The molecular formula is C6H11NO3S. The maximum absolute atomic E-state index is 10.9. The summed E-state index contributed by atoms with van der Waals surface area (Å²) < 4.78 is 15.2. The molecule has 0 bridgehead atoms. The van der Waals surface area contributed by atoms with Crippen LogP contribution in [0.15, 0.2) is 0 Å². The molecular weight excluding hydrogens is 166 g/mol. The lowest BCUT2D eigenvalue weighted by molar-refractivity contribution is -0.147. The fourth-order valence-corrected chi connectivity index (χ4v) is 2.11. The lowest BCUT2D eigenvalue weighted by atomic mass is 9.85. The highest BCUT2D eigenvalue weighted by atomic mass is 32.2. The second-order valence-corrected chi connectivity index (χ2v) is 3.84. The quantitative estimate of drug-likeness (QED) is 0.581. The second-order valence-electron chi connectivity index (χ2n) is 2.57. The normalized spacial score (nSPS) is 32.2. The van der Waals surface area contributed by atoms with Gasteiger partial charge in [0.15, 0.2) is 0 Å². The van der Waals surface area contributed by atoms with Gasteiger partial charge in [0.2, 0.25) is 0 Å². The molecule has 11 heavy (non-hydrogen) atoms. The summed E-state index contributed by atoms with van der Waals surface area (Å²) in [4.78, 5) is 10.9. The van der Waals surface area contributed by atoms with Crippen molar-refractivity contribution in [3.8, 4) is 0 Å². The van der Waals surface area contributed by atoms with Crippen molar-refractivity contribution >= 4 is 17.0 Å². The Bertz CT molecular complexity index is 194. The van der Waals surface area contributed by atoms with Crippen molar-refractivity contribution in [2.75, 3.05) is 7.11 Å². The Balaban J connectivity index is 2.49. The molecule has 0 radical (unpaired) electrons. The molecule has 1 aliphatic rings. The van der Waals surface area contributed by atoms with Crippen molar-refractivity contribution in [3.05, 3.63) is 0 Å². The van der Waals surface area contributed by atoms with Crippen LogP contribution in [0.1, 0.15) is 12.8 Å². The van der Waals surface area contributed by atoms with Crippen molar-refractivity contribution in [2.45, 2.75) is 18.1 Å². The molecule has 1 unspecified atom stereocenters. The first-order chi connectivity index (χ1) is 5.16. The van der Waals surface area contributed by atoms with E-state index in [0.717, 1.165) is 12.8 Å². The maximum Gasteiger partial charge on any atom is 0.309 e. The number of rotatable bonds is 2. The van der Waals surface area contributed by atoms with Crippen LogP contribution in [0.25, 0.3) is 0 Å². The van der Waals surface area contributed by atoms with Gasteiger partial charge in [0.25, 0.3) is 0 Å². The fourth-order valence-electron chi connectivity index (χ4n) is 1.17. The molecule has 0 heterocycles. The summed E-state index contributed by atoms with van der Waals surface area (Å²) in [5.41, 5.74) is 0. The maximum atomic E-state index is 10.9. The number of nitrogens with two attached hydrogens (primary N) is 1. The summed E-state index contributed by atoms with van der Waals surface area (Å²) in [6.45, 7) is 0. The third-order valence-electron chi connectivity index (χ3n) is 2.01. The Morgan fingerprint density at radius 1 is 1.64 bits per heavy atom. The largest absolute Gasteiger partial charge is 0.469 e. The molecule has 3 atom stereocenters. The summed E-state index contributed by atoms with van der Waals surface area (Å²) in [5, 5.41) is 4.97. The molecule has 4 nitrogen and oxygen atoms in total. The van der Waals surface area contributed by atoms with E-state index >= 15 is 0 Å². The molecule has 1 rings (SSSR count). The standard InChI is InChI=1S/C6H11NO3S/c1-10-6(8)4-2-3-5(4)11(7)9/h4-5H,2-3,7H2,1H3/t4-,5+,11?/m0/s1. The van der Waals surface area contributed by atoms with Crippen LogP contribution >= 0.6 is 0 Å². The minimum Gasteiger partial charge on any atom is -0.469 e. The zero-order chi connectivity index (χ0) is 8.43. The van der Waals surface area contributed by atoms with E-state index < -0.39 is 11.0 Å². The van der Waals surface area contributed by atoms with Crippen LogP contribution in [0.3, 0.4) is 0 Å². The van der Waals surface area contributed by atoms with E-state index in [2.05, 4.69) is 4.74 Å². The number of hydrogen-bond acceptors (Lipinski definition) is 3. The molecule has 2 N–H and O–H groups in total. The number of ether oxygens (including phenoxy) is 1. The van der Waals surface area contributed by atoms with E-state index in [-0.39, 0.29) is 17.1 Å². The van der Waals surface area contributed by atoms with E-state index in [9.17, 15) is 9.00 Å². The number of esters is 1. The van der Waals surface area contributed by atoms with Gasteiger partial charge in [-0.3, -0.25) is 9.93 Å². The third kappa shape index (κ3) is 1.59. The van der Waals surface area contributed by atoms with Gasteiger partial charge in [-0.2, -0.15) is 0 Å². The van der Waals surface area contributed by atoms with Crippen LogP contribution in [0, 0.1) is 5.92 Å². The zero-order valence-electron chi connectivity index (χ0n) is 6.28. The molecule has 0 saturated heterocycles. The highest BCUT2D eigenvalue weighted by Crippen LogP contribution is 2.31. The van der Waals surface area contributed by atoms with Crippen molar-refractivity contribution in [2.24, 2.45) is 11.1 Å². The molecule has 1 aliphatic carbocycles. The smallest absolute Gasteiger partial charge is 0.309 e. The monoisotopic (exact) mass is 177 g/mol. The molecule has 1 saturated carbocycles. The summed E-state index contributed by atoms with van der Waals surface area (Å²) in [6, 6.07) is 0. The van der Waals surface area contributed by atoms with Crippen molar-refractivity contribution < 1.29 is 13.7 Å². The van der Waals surface area contributed by atoms with Crippen LogP contribution in [0.2, 0.25) is 0 Å². The van der Waals surface area contributed by atoms with Gasteiger partial charge in [0.1, 0.15) is 0 Å². The fraction of sp³-hybridized carbons (Fsp3) is 0.833. The highest BCUT2D eigenvalue weighted by molar-refractivity contribution is 7.83. The molecule has 0 aromatic carbocycles. The molecule has 0 aliphatic heterocycles. The number of carbonyl (C=O) groups excluding carboxylic acids is 1. The zero-order valence-corrected chi connectivity index (χ0v) is 7.10. The Morgan fingerprint density at radius 3 is 2.55 bits per heavy atom. The predicted molar refractivity (Wildman–Crippen MR) is 40.9 cm³/mol. The Morgan fingerprint density at radius 2 is 2.27 bits per heavy atom. The van der Waals surface area contributed by atoms with E-state index in [4.69, 9.17) is 5.14 Å². The molecule has 0 aromatic rings. The van der Waals surface area contributed by atoms with E-state index in [1.165, 1.54) is 7.11 Å². The first-order valence-electron chi connectivity index (χ1n) is 3.39. The van der Waals surface area contributed by atoms with Crippen LogP contribution in [0.5, 0.6) is 0 Å². The van der Waals surface area contributed by atoms with E-state index in [1.807, 2.05) is 0 Å². The second kappa shape index (κ2) is 3.32. The topological polar surface area (TPSA) is 69.4 Å². The number of carbonyl (C=O) groups is 1. The van der Waals surface area contributed by atoms with Gasteiger partial charge in [0, 0.05) is 0 Å². The van der Waals surface area contributed by atoms with Crippen LogP contribution < -0.4 is 5.14 Å². The third-order valence-corrected chi connectivity index (χ3v) is 3.17. The van der Waals surface area contributed by atoms with Gasteiger partial charge in [0.05, 0.1) is 29.3 Å². The average molecular weight is 177 g/mol. The van der Waals surface area contributed by atoms with Gasteiger partial charge in [-0.25, -0.2) is 4.21 Å². The minimum absolute atomic E-state index is 0.178. The van der Waals surface area contributed by atoms with Gasteiger partial charge >= 0.3 is 5.97 Å². The SMILES string of the molecule is COC(=O)[C@H]1CC[C@H]1S(N)=O. The lowest BCUT2D eigenvalue weighted by Gasteiger charge is -2.31. The molecule has 0 amide bonds. The van der Waals surface area contributed by atoms with Crippen LogP contribution in [-0.4, -0.2) is 22.5 Å². The molecule has 64 valence electrons. The molecule has 1 fully saturated rings. The van der Waals surface area contributed by atoms with Crippen LogP contribution in [0.4, 0.5) is 0 Å². The van der Waals surface area contributed by atoms with E-state index in [0.29, 0.717) is 0 Å². The Kier molecular flexibility index (Phi) is 2.62. The van der Waals surface area contributed by atoms with Gasteiger partial charge < -0.3 is 4.74 Å². The van der Waals surface area contributed by atoms with Gasteiger partial charge in [-0.1, -0.05) is 0 Å². The summed E-state index contributed by atoms with van der Waals surface area (Å²) in [5.74, 6) is -0.522. The van der Waals surface area contributed by atoms with Crippen molar-refractivity contribution in [1.82, 2.24) is 0 Å². The predicted octanol–water partition coefficient (Wildman–Crippen LogP) is -0.440. The molecule has 0 aromatic heterocycles. The number of methoxy groups -OCH3 is 1. The minimum atomic E-state index is -1.38. The Hall–Kier alpha value is -0.420. The molecule has 5 heteroatoms. The number of hydrogen-bond donors (Lipinski definition) is 1. The first-order valence-corrected chi connectivity index (χ1v) is 4.67. The van der Waals surface area contributed by atoms with Gasteiger partial charge in [-0.05, 0) is 12.8 Å². The first kappa shape index (κ1) is 8.67. The van der Waals surface area contributed by atoms with Crippen molar-refractivity contribution in [1.29, 1.82) is 0 Å². The molecule has 0 spiro atoms. The summed E-state index contributed by atoms with van der Waals surface area (Å²) >= 11 is 0. The Labute approximate surface area is 67.7 Å². The van der Waals surface area contributed by atoms with Gasteiger partial charge in [-0.15, -0.1) is 0 Å². The average Bonchev–Trinajstić information content (AvgIpc) is 1.83.